The van der Waals surface area contributed by atoms with Gasteiger partial charge in [0, 0.05) is 35.8 Å². The minimum atomic E-state index is -0.348. The predicted octanol–water partition coefficient (Wildman–Crippen LogP) is 3.00. The van der Waals surface area contributed by atoms with Crippen molar-refractivity contribution in [2.24, 2.45) is 0 Å². The molecule has 1 heterocycles. The van der Waals surface area contributed by atoms with Crippen LogP contribution in [0.15, 0.2) is 36.4 Å². The van der Waals surface area contributed by atoms with E-state index in [2.05, 4.69) is 22.4 Å². The van der Waals surface area contributed by atoms with E-state index in [0.29, 0.717) is 17.0 Å². The number of aliphatic hydroxyl groups excluding tert-OH is 1. The van der Waals surface area contributed by atoms with Crippen LogP contribution in [-0.4, -0.2) is 47.2 Å². The molecule has 1 aromatic carbocycles. The molecule has 1 aliphatic heterocycles. The van der Waals surface area contributed by atoms with Crippen molar-refractivity contribution in [2.45, 2.75) is 50.3 Å². The topological polar surface area (TPSA) is 52.6 Å². The number of carbonyl (C=O) groups excluding carboxylic acids is 1. The van der Waals surface area contributed by atoms with Crippen LogP contribution in [0.5, 0.6) is 0 Å². The van der Waals surface area contributed by atoms with Crippen LogP contribution in [0, 0.1) is 0 Å². The first-order valence-corrected chi connectivity index (χ1v) is 9.15. The molecule has 1 amide bonds. The van der Waals surface area contributed by atoms with Gasteiger partial charge in [0.2, 0.25) is 0 Å². The van der Waals surface area contributed by atoms with Crippen molar-refractivity contribution in [1.82, 2.24) is 10.2 Å². The van der Waals surface area contributed by atoms with E-state index < -0.39 is 0 Å². The smallest absolute Gasteiger partial charge is 0.251 e. The maximum Gasteiger partial charge on any atom is 0.251 e. The lowest BCUT2D eigenvalue weighted by Gasteiger charge is -2.37. The molecule has 5 heteroatoms. The van der Waals surface area contributed by atoms with Gasteiger partial charge in [0.25, 0.3) is 5.91 Å². The minimum absolute atomic E-state index is 0.0385. The molecule has 1 saturated carbocycles. The van der Waals surface area contributed by atoms with Crippen molar-refractivity contribution in [3.8, 4) is 0 Å². The van der Waals surface area contributed by atoms with Crippen LogP contribution in [0.3, 0.4) is 0 Å². The van der Waals surface area contributed by atoms with Crippen molar-refractivity contribution in [3.05, 3.63) is 47.0 Å². The SMILES string of the molecule is O=C(NC1CC(O)CCCCC1N1CC=CC1)c1ccc(Cl)cc1. The van der Waals surface area contributed by atoms with E-state index in [1.165, 1.54) is 0 Å². The molecule has 3 rings (SSSR count). The fraction of sp³-hybridized carbons (Fsp3) is 0.526. The summed E-state index contributed by atoms with van der Waals surface area (Å²) >= 11 is 5.90. The summed E-state index contributed by atoms with van der Waals surface area (Å²) in [6, 6.07) is 7.17. The maximum atomic E-state index is 12.6. The lowest BCUT2D eigenvalue weighted by atomic mass is 9.89. The van der Waals surface area contributed by atoms with E-state index in [9.17, 15) is 9.90 Å². The monoisotopic (exact) mass is 348 g/mol. The number of hydrogen-bond acceptors (Lipinski definition) is 3. The Morgan fingerprint density at radius 2 is 1.79 bits per heavy atom. The molecule has 130 valence electrons. The van der Waals surface area contributed by atoms with Gasteiger partial charge in [-0.3, -0.25) is 9.69 Å². The molecule has 4 nitrogen and oxygen atoms in total. The van der Waals surface area contributed by atoms with Crippen LogP contribution in [0.2, 0.25) is 5.02 Å². The Hall–Kier alpha value is -1.36. The van der Waals surface area contributed by atoms with Crippen molar-refractivity contribution < 1.29 is 9.90 Å². The second-order valence-corrected chi connectivity index (χ2v) is 7.19. The van der Waals surface area contributed by atoms with Crippen LogP contribution in [-0.2, 0) is 0 Å². The first kappa shape index (κ1) is 17.5. The van der Waals surface area contributed by atoms with Gasteiger partial charge in [-0.1, -0.05) is 36.6 Å². The Bertz CT molecular complexity index is 580. The molecule has 2 aliphatic rings. The average molecular weight is 349 g/mol. The maximum absolute atomic E-state index is 12.6. The van der Waals surface area contributed by atoms with Crippen LogP contribution < -0.4 is 5.32 Å². The van der Waals surface area contributed by atoms with Crippen LogP contribution in [0.1, 0.15) is 42.5 Å². The van der Waals surface area contributed by atoms with E-state index in [1.54, 1.807) is 24.3 Å². The molecule has 3 atom stereocenters. The Balaban J connectivity index is 1.73. The summed E-state index contributed by atoms with van der Waals surface area (Å²) in [5.74, 6) is -0.0957. The summed E-state index contributed by atoms with van der Waals surface area (Å²) in [4.78, 5) is 15.0. The molecule has 0 aromatic heterocycles. The lowest BCUT2D eigenvalue weighted by molar-refractivity contribution is 0.0738. The number of nitrogens with one attached hydrogen (secondary N) is 1. The highest BCUT2D eigenvalue weighted by Crippen LogP contribution is 2.24. The summed E-state index contributed by atoms with van der Waals surface area (Å²) in [6.07, 6.45) is 8.63. The van der Waals surface area contributed by atoms with Gasteiger partial charge in [0.1, 0.15) is 0 Å². The van der Waals surface area contributed by atoms with Gasteiger partial charge in [0.05, 0.1) is 6.10 Å². The van der Waals surface area contributed by atoms with Crippen molar-refractivity contribution >= 4 is 17.5 Å². The standard InChI is InChI=1S/C19H25ClN2O2/c20-15-9-7-14(8-10-15)19(24)21-17-13-16(23)5-1-2-6-18(17)22-11-3-4-12-22/h3-4,7-10,16-18,23H,1-2,5-6,11-13H2,(H,21,24). The second-order valence-electron chi connectivity index (χ2n) is 6.75. The van der Waals surface area contributed by atoms with Crippen molar-refractivity contribution in [3.63, 3.8) is 0 Å². The van der Waals surface area contributed by atoms with Gasteiger partial charge in [-0.25, -0.2) is 0 Å². The van der Waals surface area contributed by atoms with E-state index in [-0.39, 0.29) is 24.1 Å². The molecule has 2 N–H and O–H groups in total. The Morgan fingerprint density at radius 3 is 2.50 bits per heavy atom. The molecule has 3 unspecified atom stereocenters. The number of benzene rings is 1. The van der Waals surface area contributed by atoms with Gasteiger partial charge in [-0.15, -0.1) is 0 Å². The van der Waals surface area contributed by atoms with Crippen molar-refractivity contribution in [2.75, 3.05) is 13.1 Å². The number of aliphatic hydroxyl groups is 1. The first-order valence-electron chi connectivity index (χ1n) is 8.77. The molecule has 1 aliphatic carbocycles. The third-order valence-corrected chi connectivity index (χ3v) is 5.27. The van der Waals surface area contributed by atoms with E-state index in [1.807, 2.05) is 0 Å². The van der Waals surface area contributed by atoms with E-state index in [4.69, 9.17) is 11.6 Å². The first-order chi connectivity index (χ1) is 11.6. The molecular weight excluding hydrogens is 324 g/mol. The predicted molar refractivity (Wildman–Crippen MR) is 96.3 cm³/mol. The van der Waals surface area contributed by atoms with E-state index >= 15 is 0 Å². The third kappa shape index (κ3) is 4.38. The Kier molecular flexibility index (Phi) is 5.93. The van der Waals surface area contributed by atoms with Gasteiger partial charge < -0.3 is 10.4 Å². The zero-order valence-corrected chi connectivity index (χ0v) is 14.6. The summed E-state index contributed by atoms with van der Waals surface area (Å²) in [5, 5.41) is 14.0. The zero-order valence-electron chi connectivity index (χ0n) is 13.8. The quantitative estimate of drug-likeness (QED) is 0.826. The Labute approximate surface area is 148 Å². The minimum Gasteiger partial charge on any atom is -0.393 e. The summed E-state index contributed by atoms with van der Waals surface area (Å²) < 4.78 is 0. The third-order valence-electron chi connectivity index (χ3n) is 5.02. The van der Waals surface area contributed by atoms with Crippen molar-refractivity contribution in [1.29, 1.82) is 0 Å². The summed E-state index contributed by atoms with van der Waals surface area (Å²) in [5.41, 5.74) is 0.606. The van der Waals surface area contributed by atoms with E-state index in [0.717, 1.165) is 38.8 Å². The summed E-state index contributed by atoms with van der Waals surface area (Å²) in [7, 11) is 0. The summed E-state index contributed by atoms with van der Waals surface area (Å²) in [6.45, 7) is 1.85. The normalized spacial score (nSPS) is 28.3. The molecule has 0 spiro atoms. The van der Waals surface area contributed by atoms with Gasteiger partial charge in [-0.05, 0) is 43.5 Å². The molecule has 1 fully saturated rings. The lowest BCUT2D eigenvalue weighted by Crippen LogP contribution is -2.53. The Morgan fingerprint density at radius 1 is 1.12 bits per heavy atom. The fourth-order valence-electron chi connectivity index (χ4n) is 3.71. The molecule has 1 aromatic rings. The largest absolute Gasteiger partial charge is 0.393 e. The molecule has 0 radical (unpaired) electrons. The number of amides is 1. The highest BCUT2D eigenvalue weighted by molar-refractivity contribution is 6.30. The second kappa shape index (κ2) is 8.15. The van der Waals surface area contributed by atoms with Gasteiger partial charge in [-0.2, -0.15) is 0 Å². The molecule has 0 bridgehead atoms. The molecule has 24 heavy (non-hydrogen) atoms. The highest BCUT2D eigenvalue weighted by atomic mass is 35.5. The van der Waals surface area contributed by atoms with Crippen LogP contribution >= 0.6 is 11.6 Å². The van der Waals surface area contributed by atoms with Crippen LogP contribution in [0.25, 0.3) is 0 Å². The van der Waals surface area contributed by atoms with Gasteiger partial charge in [0.15, 0.2) is 0 Å². The number of carbonyl (C=O) groups is 1. The van der Waals surface area contributed by atoms with Crippen LogP contribution in [0.4, 0.5) is 0 Å². The average Bonchev–Trinajstić information content (AvgIpc) is 3.07. The zero-order chi connectivity index (χ0) is 16.9. The highest BCUT2D eigenvalue weighted by Gasteiger charge is 2.32. The number of nitrogens with zero attached hydrogens (tertiary/aromatic N) is 1. The van der Waals surface area contributed by atoms with Gasteiger partial charge >= 0.3 is 0 Å². The molecular formula is C19H25ClN2O2. The number of rotatable bonds is 3. The fourth-order valence-corrected chi connectivity index (χ4v) is 3.84. The number of halogens is 1. The number of hydrogen-bond donors (Lipinski definition) is 2. The molecule has 0 saturated heterocycles.